The van der Waals surface area contributed by atoms with Crippen molar-refractivity contribution < 1.29 is 4.79 Å². The Morgan fingerprint density at radius 3 is 2.47 bits per heavy atom. The highest BCUT2D eigenvalue weighted by Crippen LogP contribution is 2.24. The van der Waals surface area contributed by atoms with Gasteiger partial charge in [0, 0.05) is 25.7 Å². The Balaban J connectivity index is 1.83. The van der Waals surface area contributed by atoms with Gasteiger partial charge in [-0.2, -0.15) is 5.10 Å². The van der Waals surface area contributed by atoms with Gasteiger partial charge in [0.2, 0.25) is 0 Å². The minimum absolute atomic E-state index is 0.0601. The molecule has 1 aliphatic heterocycles. The number of fused-ring (bicyclic) bond motifs is 1. The molecule has 0 atom stereocenters. The van der Waals surface area contributed by atoms with Crippen molar-refractivity contribution in [3.63, 3.8) is 0 Å². The third kappa shape index (κ3) is 1.97. The predicted molar refractivity (Wildman–Crippen MR) is 72.3 cm³/mol. The van der Waals surface area contributed by atoms with Gasteiger partial charge in [-0.1, -0.05) is 24.3 Å². The standard InChI is InChI=1S/C14H16N4O/c1-2-18-13(15)7-12(16-18)14(19)17-8-10-5-3-4-6-11(10)9-17/h3-7H,2,8-9,15H2,1H3. The fourth-order valence-corrected chi connectivity index (χ4v) is 2.43. The van der Waals surface area contributed by atoms with Gasteiger partial charge in [-0.25, -0.2) is 4.68 Å². The number of aryl methyl sites for hydroxylation is 1. The molecule has 2 N–H and O–H groups in total. The average Bonchev–Trinajstić information content (AvgIpc) is 3.00. The molecule has 0 fully saturated rings. The average molecular weight is 256 g/mol. The van der Waals surface area contributed by atoms with Gasteiger partial charge >= 0.3 is 0 Å². The summed E-state index contributed by atoms with van der Waals surface area (Å²) in [5, 5.41) is 4.24. The molecule has 2 heterocycles. The molecule has 0 bridgehead atoms. The summed E-state index contributed by atoms with van der Waals surface area (Å²) in [6.07, 6.45) is 0. The summed E-state index contributed by atoms with van der Waals surface area (Å²) in [6.45, 7) is 3.91. The van der Waals surface area contributed by atoms with Crippen LogP contribution in [0.15, 0.2) is 30.3 Å². The van der Waals surface area contributed by atoms with Crippen LogP contribution in [0.25, 0.3) is 0 Å². The van der Waals surface area contributed by atoms with Crippen molar-refractivity contribution in [2.45, 2.75) is 26.6 Å². The minimum atomic E-state index is -0.0601. The normalized spacial score (nSPS) is 13.6. The minimum Gasteiger partial charge on any atom is -0.384 e. The van der Waals surface area contributed by atoms with Crippen LogP contribution in [0.3, 0.4) is 0 Å². The Hall–Kier alpha value is -2.30. The zero-order chi connectivity index (χ0) is 13.4. The molecule has 3 rings (SSSR count). The molecule has 5 heteroatoms. The molecule has 0 radical (unpaired) electrons. The van der Waals surface area contributed by atoms with Gasteiger partial charge in [0.25, 0.3) is 5.91 Å². The number of nitrogens with two attached hydrogens (primary N) is 1. The number of nitrogens with zero attached hydrogens (tertiary/aromatic N) is 3. The van der Waals surface area contributed by atoms with Gasteiger partial charge in [-0.3, -0.25) is 4.79 Å². The van der Waals surface area contributed by atoms with Gasteiger partial charge in [-0.15, -0.1) is 0 Å². The van der Waals surface area contributed by atoms with E-state index >= 15 is 0 Å². The van der Waals surface area contributed by atoms with E-state index in [1.165, 1.54) is 11.1 Å². The number of anilines is 1. The van der Waals surface area contributed by atoms with Crippen LogP contribution < -0.4 is 5.73 Å². The lowest BCUT2D eigenvalue weighted by Crippen LogP contribution is -2.25. The van der Waals surface area contributed by atoms with Crippen LogP contribution in [0.4, 0.5) is 5.82 Å². The number of amides is 1. The maximum Gasteiger partial charge on any atom is 0.275 e. The lowest BCUT2D eigenvalue weighted by Gasteiger charge is -2.13. The van der Waals surface area contributed by atoms with Gasteiger partial charge in [0.05, 0.1) is 0 Å². The van der Waals surface area contributed by atoms with Crippen LogP contribution in [0.1, 0.15) is 28.5 Å². The maximum atomic E-state index is 12.4. The quantitative estimate of drug-likeness (QED) is 0.888. The summed E-state index contributed by atoms with van der Waals surface area (Å²) in [4.78, 5) is 14.2. The zero-order valence-corrected chi connectivity index (χ0v) is 10.8. The number of carbonyl (C=O) groups excluding carboxylic acids is 1. The lowest BCUT2D eigenvalue weighted by atomic mass is 10.1. The highest BCUT2D eigenvalue weighted by Gasteiger charge is 2.25. The van der Waals surface area contributed by atoms with E-state index in [1.807, 2.05) is 19.1 Å². The Morgan fingerprint density at radius 2 is 1.95 bits per heavy atom. The lowest BCUT2D eigenvalue weighted by molar-refractivity contribution is 0.0744. The van der Waals surface area contributed by atoms with Crippen LogP contribution in [0.5, 0.6) is 0 Å². The summed E-state index contributed by atoms with van der Waals surface area (Å²) < 4.78 is 1.64. The van der Waals surface area contributed by atoms with E-state index in [0.717, 1.165) is 0 Å². The van der Waals surface area contributed by atoms with E-state index < -0.39 is 0 Å². The summed E-state index contributed by atoms with van der Waals surface area (Å²) in [5.74, 6) is 0.470. The van der Waals surface area contributed by atoms with E-state index in [4.69, 9.17) is 5.73 Å². The summed E-state index contributed by atoms with van der Waals surface area (Å²) in [5.41, 5.74) is 8.64. The molecule has 1 aromatic heterocycles. The van der Waals surface area contributed by atoms with Crippen LogP contribution in [0.2, 0.25) is 0 Å². The molecule has 0 saturated carbocycles. The van der Waals surface area contributed by atoms with E-state index in [1.54, 1.807) is 15.6 Å². The largest absolute Gasteiger partial charge is 0.384 e. The number of carbonyl (C=O) groups is 1. The third-order valence-electron chi connectivity index (χ3n) is 3.46. The highest BCUT2D eigenvalue weighted by molar-refractivity contribution is 5.93. The van der Waals surface area contributed by atoms with Crippen molar-refractivity contribution in [2.24, 2.45) is 0 Å². The molecule has 0 aliphatic carbocycles. The van der Waals surface area contributed by atoms with Crippen molar-refractivity contribution in [3.05, 3.63) is 47.2 Å². The molecule has 1 aliphatic rings. The molecular formula is C14H16N4O. The number of hydrogen-bond acceptors (Lipinski definition) is 3. The Morgan fingerprint density at radius 1 is 1.32 bits per heavy atom. The Kier molecular flexibility index (Phi) is 2.74. The fourth-order valence-electron chi connectivity index (χ4n) is 2.43. The first-order valence-corrected chi connectivity index (χ1v) is 6.38. The van der Waals surface area contributed by atoms with E-state index in [-0.39, 0.29) is 5.91 Å². The van der Waals surface area contributed by atoms with Gasteiger partial charge < -0.3 is 10.6 Å². The second-order valence-corrected chi connectivity index (χ2v) is 4.70. The topological polar surface area (TPSA) is 64.2 Å². The molecule has 98 valence electrons. The molecular weight excluding hydrogens is 240 g/mol. The third-order valence-corrected chi connectivity index (χ3v) is 3.46. The van der Waals surface area contributed by atoms with Crippen molar-refractivity contribution in [1.82, 2.24) is 14.7 Å². The Labute approximate surface area is 111 Å². The van der Waals surface area contributed by atoms with Crippen molar-refractivity contribution in [3.8, 4) is 0 Å². The highest BCUT2D eigenvalue weighted by atomic mass is 16.2. The summed E-state index contributed by atoms with van der Waals surface area (Å²) >= 11 is 0. The SMILES string of the molecule is CCn1nc(C(=O)N2Cc3ccccc3C2)cc1N. The maximum absolute atomic E-state index is 12.4. The number of hydrogen-bond donors (Lipinski definition) is 1. The second kappa shape index (κ2) is 4.42. The molecule has 2 aromatic rings. The molecule has 0 saturated heterocycles. The first kappa shape index (κ1) is 11.8. The summed E-state index contributed by atoms with van der Waals surface area (Å²) in [7, 11) is 0. The number of benzene rings is 1. The molecule has 5 nitrogen and oxygen atoms in total. The van der Waals surface area contributed by atoms with Crippen molar-refractivity contribution in [1.29, 1.82) is 0 Å². The van der Waals surface area contributed by atoms with Gasteiger partial charge in [0.15, 0.2) is 5.69 Å². The summed E-state index contributed by atoms with van der Waals surface area (Å²) in [6, 6.07) is 9.76. The zero-order valence-electron chi connectivity index (χ0n) is 10.8. The van der Waals surface area contributed by atoms with Crippen molar-refractivity contribution in [2.75, 3.05) is 5.73 Å². The molecule has 0 spiro atoms. The van der Waals surface area contributed by atoms with Gasteiger partial charge in [0.1, 0.15) is 5.82 Å². The van der Waals surface area contributed by atoms with Crippen LogP contribution in [0, 0.1) is 0 Å². The molecule has 0 unspecified atom stereocenters. The smallest absolute Gasteiger partial charge is 0.275 e. The number of rotatable bonds is 2. The number of nitrogen functional groups attached to an aromatic ring is 1. The van der Waals surface area contributed by atoms with E-state index in [2.05, 4.69) is 17.2 Å². The first-order valence-electron chi connectivity index (χ1n) is 6.38. The van der Waals surface area contributed by atoms with Crippen LogP contribution in [-0.4, -0.2) is 20.6 Å². The molecule has 1 aromatic carbocycles. The van der Waals surface area contributed by atoms with Crippen LogP contribution in [-0.2, 0) is 19.6 Å². The Bertz CT molecular complexity index is 607. The molecule has 1 amide bonds. The fraction of sp³-hybridized carbons (Fsp3) is 0.286. The van der Waals surface area contributed by atoms with Crippen molar-refractivity contribution >= 4 is 11.7 Å². The van der Waals surface area contributed by atoms with E-state index in [0.29, 0.717) is 31.1 Å². The van der Waals surface area contributed by atoms with E-state index in [9.17, 15) is 4.79 Å². The molecule has 19 heavy (non-hydrogen) atoms. The van der Waals surface area contributed by atoms with Gasteiger partial charge in [-0.05, 0) is 18.1 Å². The second-order valence-electron chi connectivity index (χ2n) is 4.70. The first-order chi connectivity index (χ1) is 9.19. The monoisotopic (exact) mass is 256 g/mol. The van der Waals surface area contributed by atoms with Crippen LogP contribution >= 0.6 is 0 Å². The number of aromatic nitrogens is 2. The predicted octanol–water partition coefficient (Wildman–Crippen LogP) is 1.64.